The first-order chi connectivity index (χ1) is 6.77. The first kappa shape index (κ1) is 9.69. The molecular formula is C12H17NO. The molecule has 2 nitrogen and oxygen atoms in total. The van der Waals surface area contributed by atoms with Crippen molar-refractivity contribution in [2.45, 2.75) is 19.4 Å². The van der Waals surface area contributed by atoms with E-state index in [1.165, 1.54) is 11.1 Å². The highest BCUT2D eigenvalue weighted by atomic mass is 16.3. The zero-order valence-electron chi connectivity index (χ0n) is 8.53. The van der Waals surface area contributed by atoms with Gasteiger partial charge in [0, 0.05) is 19.0 Å². The number of hydrogen-bond donors (Lipinski definition) is 2. The van der Waals surface area contributed by atoms with E-state index in [9.17, 15) is 5.11 Å². The molecule has 1 aromatic rings. The van der Waals surface area contributed by atoms with Gasteiger partial charge in [0.05, 0.1) is 6.10 Å². The smallest absolute Gasteiger partial charge is 0.0708 e. The zero-order valence-corrected chi connectivity index (χ0v) is 8.53. The highest BCUT2D eigenvalue weighted by molar-refractivity contribution is 5.26. The fourth-order valence-electron chi connectivity index (χ4n) is 2.05. The van der Waals surface area contributed by atoms with Crippen LogP contribution in [0.4, 0.5) is 0 Å². The Bertz CT molecular complexity index is 311. The predicted octanol–water partition coefficient (Wildman–Crippen LogP) is 1.12. The SMILES string of the molecule is Cc1ccccc1CC1CNCC1O. The van der Waals surface area contributed by atoms with Crippen molar-refractivity contribution >= 4 is 0 Å². The second kappa shape index (κ2) is 4.11. The van der Waals surface area contributed by atoms with Crippen LogP contribution in [0.15, 0.2) is 24.3 Å². The Balaban J connectivity index is 2.07. The van der Waals surface area contributed by atoms with Crippen LogP contribution < -0.4 is 5.32 Å². The molecule has 2 heteroatoms. The van der Waals surface area contributed by atoms with Crippen molar-refractivity contribution in [2.24, 2.45) is 5.92 Å². The summed E-state index contributed by atoms with van der Waals surface area (Å²) in [6.07, 6.45) is 0.815. The second-order valence-electron chi connectivity index (χ2n) is 4.12. The lowest BCUT2D eigenvalue weighted by Crippen LogP contribution is -2.20. The van der Waals surface area contributed by atoms with Crippen molar-refractivity contribution in [3.8, 4) is 0 Å². The minimum atomic E-state index is -0.172. The molecule has 2 unspecified atom stereocenters. The summed E-state index contributed by atoms with van der Waals surface area (Å²) < 4.78 is 0. The van der Waals surface area contributed by atoms with Crippen LogP contribution in [0.25, 0.3) is 0 Å². The fraction of sp³-hybridized carbons (Fsp3) is 0.500. The van der Waals surface area contributed by atoms with Gasteiger partial charge >= 0.3 is 0 Å². The van der Waals surface area contributed by atoms with E-state index in [2.05, 4.69) is 36.5 Å². The lowest BCUT2D eigenvalue weighted by molar-refractivity contribution is 0.147. The van der Waals surface area contributed by atoms with Crippen LogP contribution in [-0.4, -0.2) is 24.3 Å². The summed E-state index contributed by atoms with van der Waals surface area (Å²) in [5.41, 5.74) is 2.69. The van der Waals surface area contributed by atoms with Gasteiger partial charge < -0.3 is 10.4 Å². The van der Waals surface area contributed by atoms with Crippen LogP contribution in [0.5, 0.6) is 0 Å². The van der Waals surface area contributed by atoms with Crippen LogP contribution in [0.2, 0.25) is 0 Å². The molecule has 2 atom stereocenters. The van der Waals surface area contributed by atoms with E-state index in [4.69, 9.17) is 0 Å². The number of aliphatic hydroxyl groups is 1. The molecule has 0 aliphatic carbocycles. The predicted molar refractivity (Wildman–Crippen MR) is 57.2 cm³/mol. The first-order valence-electron chi connectivity index (χ1n) is 5.20. The topological polar surface area (TPSA) is 32.3 Å². The van der Waals surface area contributed by atoms with Crippen LogP contribution in [0, 0.1) is 12.8 Å². The van der Waals surface area contributed by atoms with Crippen LogP contribution in [0.3, 0.4) is 0 Å². The van der Waals surface area contributed by atoms with Crippen molar-refractivity contribution in [3.05, 3.63) is 35.4 Å². The first-order valence-corrected chi connectivity index (χ1v) is 5.20. The van der Waals surface area contributed by atoms with E-state index in [0.717, 1.165) is 19.5 Å². The third-order valence-electron chi connectivity index (χ3n) is 3.05. The van der Waals surface area contributed by atoms with Gasteiger partial charge in [-0.25, -0.2) is 0 Å². The molecule has 1 aliphatic heterocycles. The largest absolute Gasteiger partial charge is 0.391 e. The lowest BCUT2D eigenvalue weighted by atomic mass is 9.94. The summed E-state index contributed by atoms with van der Waals surface area (Å²) in [5.74, 6) is 0.385. The second-order valence-corrected chi connectivity index (χ2v) is 4.12. The van der Waals surface area contributed by atoms with E-state index < -0.39 is 0 Å². The molecule has 1 aliphatic rings. The quantitative estimate of drug-likeness (QED) is 0.734. The summed E-state index contributed by atoms with van der Waals surface area (Å²) in [6.45, 7) is 3.82. The molecule has 0 amide bonds. The zero-order chi connectivity index (χ0) is 9.97. The average molecular weight is 191 g/mol. The molecule has 1 aromatic carbocycles. The summed E-state index contributed by atoms with van der Waals surface area (Å²) in [4.78, 5) is 0. The molecule has 0 radical (unpaired) electrons. The maximum atomic E-state index is 9.68. The normalized spacial score (nSPS) is 26.7. The number of benzene rings is 1. The van der Waals surface area contributed by atoms with Crippen LogP contribution >= 0.6 is 0 Å². The number of β-amino-alcohol motifs (C(OH)–C–C–N with tert-alkyl or cyclic N) is 1. The number of hydrogen-bond acceptors (Lipinski definition) is 2. The van der Waals surface area contributed by atoms with E-state index >= 15 is 0 Å². The van der Waals surface area contributed by atoms with E-state index in [1.54, 1.807) is 0 Å². The van der Waals surface area contributed by atoms with Gasteiger partial charge in [-0.15, -0.1) is 0 Å². The Hall–Kier alpha value is -0.860. The minimum Gasteiger partial charge on any atom is -0.391 e. The summed E-state index contributed by atoms with van der Waals surface area (Å²) in [6, 6.07) is 8.41. The average Bonchev–Trinajstić information content (AvgIpc) is 2.56. The molecule has 1 heterocycles. The monoisotopic (exact) mass is 191 g/mol. The number of nitrogens with one attached hydrogen (secondary N) is 1. The minimum absolute atomic E-state index is 0.172. The van der Waals surface area contributed by atoms with Crippen molar-refractivity contribution < 1.29 is 5.11 Å². The van der Waals surface area contributed by atoms with Crippen LogP contribution in [0.1, 0.15) is 11.1 Å². The van der Waals surface area contributed by atoms with E-state index in [0.29, 0.717) is 5.92 Å². The number of aliphatic hydroxyl groups excluding tert-OH is 1. The Labute approximate surface area is 85.0 Å². The molecule has 0 saturated carbocycles. The molecule has 2 N–H and O–H groups in total. The Kier molecular flexibility index (Phi) is 2.85. The molecule has 2 rings (SSSR count). The lowest BCUT2D eigenvalue weighted by Gasteiger charge is -2.14. The third-order valence-corrected chi connectivity index (χ3v) is 3.05. The Morgan fingerprint density at radius 2 is 2.14 bits per heavy atom. The van der Waals surface area contributed by atoms with Crippen molar-refractivity contribution in [1.29, 1.82) is 0 Å². The van der Waals surface area contributed by atoms with E-state index in [1.807, 2.05) is 0 Å². The molecule has 1 saturated heterocycles. The molecule has 0 spiro atoms. The molecule has 0 bridgehead atoms. The fourth-order valence-corrected chi connectivity index (χ4v) is 2.05. The van der Waals surface area contributed by atoms with Gasteiger partial charge in [-0.05, 0) is 24.5 Å². The molecule has 76 valence electrons. The maximum Gasteiger partial charge on any atom is 0.0708 e. The van der Waals surface area contributed by atoms with Gasteiger partial charge in [0.2, 0.25) is 0 Å². The van der Waals surface area contributed by atoms with Gasteiger partial charge in [0.25, 0.3) is 0 Å². The van der Waals surface area contributed by atoms with Crippen LogP contribution in [-0.2, 0) is 6.42 Å². The van der Waals surface area contributed by atoms with Crippen molar-refractivity contribution in [3.63, 3.8) is 0 Å². The molecule has 14 heavy (non-hydrogen) atoms. The van der Waals surface area contributed by atoms with Gasteiger partial charge in [0.15, 0.2) is 0 Å². The standard InChI is InChI=1S/C12H17NO/c1-9-4-2-3-5-10(9)6-11-7-13-8-12(11)14/h2-5,11-14H,6-8H2,1H3. The van der Waals surface area contributed by atoms with Gasteiger partial charge in [-0.1, -0.05) is 24.3 Å². The van der Waals surface area contributed by atoms with E-state index in [-0.39, 0.29) is 6.10 Å². The van der Waals surface area contributed by atoms with Crippen molar-refractivity contribution in [1.82, 2.24) is 5.32 Å². The third kappa shape index (κ3) is 1.97. The Morgan fingerprint density at radius 3 is 2.79 bits per heavy atom. The summed E-state index contributed by atoms with van der Waals surface area (Å²) >= 11 is 0. The molecule has 1 fully saturated rings. The van der Waals surface area contributed by atoms with Gasteiger partial charge in [-0.2, -0.15) is 0 Å². The number of aryl methyl sites for hydroxylation is 1. The molecule has 0 aromatic heterocycles. The van der Waals surface area contributed by atoms with Crippen molar-refractivity contribution in [2.75, 3.05) is 13.1 Å². The number of rotatable bonds is 2. The summed E-state index contributed by atoms with van der Waals surface area (Å²) in [5, 5.41) is 12.9. The highest BCUT2D eigenvalue weighted by Crippen LogP contribution is 2.18. The highest BCUT2D eigenvalue weighted by Gasteiger charge is 2.24. The van der Waals surface area contributed by atoms with Gasteiger partial charge in [0.1, 0.15) is 0 Å². The summed E-state index contributed by atoms with van der Waals surface area (Å²) in [7, 11) is 0. The van der Waals surface area contributed by atoms with Gasteiger partial charge in [-0.3, -0.25) is 0 Å². The Morgan fingerprint density at radius 1 is 1.36 bits per heavy atom. The maximum absolute atomic E-state index is 9.68. The molecular weight excluding hydrogens is 174 g/mol.